The molecule has 3 nitrogen and oxygen atoms in total. The highest BCUT2D eigenvalue weighted by molar-refractivity contribution is 6.33. The Hall–Kier alpha value is -2.13. The molecule has 0 saturated heterocycles. The monoisotopic (exact) mass is 329 g/mol. The van der Waals surface area contributed by atoms with E-state index >= 15 is 0 Å². The highest BCUT2D eigenvalue weighted by Crippen LogP contribution is 2.18. The lowest BCUT2D eigenvalue weighted by atomic mass is 10.0. The molecule has 1 unspecified atom stereocenters. The number of amides is 1. The fourth-order valence-electron chi connectivity index (χ4n) is 2.45. The third kappa shape index (κ3) is 4.20. The van der Waals surface area contributed by atoms with Crippen molar-refractivity contribution in [1.29, 1.82) is 0 Å². The molecule has 1 atom stereocenters. The van der Waals surface area contributed by atoms with Gasteiger partial charge in [-0.25, -0.2) is 0 Å². The van der Waals surface area contributed by atoms with E-state index in [0.29, 0.717) is 11.3 Å². The Morgan fingerprint density at radius 1 is 1.04 bits per heavy atom. The van der Waals surface area contributed by atoms with Crippen LogP contribution < -0.4 is 4.90 Å². The maximum Gasteiger partial charge on any atom is 0.245 e. The molecule has 0 aromatic heterocycles. The van der Waals surface area contributed by atoms with Gasteiger partial charge in [0.25, 0.3) is 0 Å². The zero-order valence-corrected chi connectivity index (χ0v) is 14.1. The van der Waals surface area contributed by atoms with E-state index < -0.39 is 5.38 Å². The number of rotatable bonds is 6. The SMILES string of the molecule is CCc1ccccc1C(=O)CN(C(=O)C(C)Cl)c1ccccc1. The number of ketones is 1. The lowest BCUT2D eigenvalue weighted by Crippen LogP contribution is -2.39. The Balaban J connectivity index is 2.31. The lowest BCUT2D eigenvalue weighted by Gasteiger charge is -2.23. The Kier molecular flexibility index (Phi) is 5.94. The van der Waals surface area contributed by atoms with Crippen LogP contribution in [-0.4, -0.2) is 23.6 Å². The number of aryl methyl sites for hydroxylation is 1. The molecule has 2 aromatic carbocycles. The summed E-state index contributed by atoms with van der Waals surface area (Å²) < 4.78 is 0. The van der Waals surface area contributed by atoms with Gasteiger partial charge in [0.2, 0.25) is 5.91 Å². The van der Waals surface area contributed by atoms with Gasteiger partial charge in [0.15, 0.2) is 5.78 Å². The molecular formula is C19H20ClNO2. The number of hydrogen-bond acceptors (Lipinski definition) is 2. The number of para-hydroxylation sites is 1. The molecule has 0 aliphatic heterocycles. The van der Waals surface area contributed by atoms with Gasteiger partial charge in [-0.1, -0.05) is 49.4 Å². The first-order chi connectivity index (χ1) is 11.0. The van der Waals surface area contributed by atoms with Crippen LogP contribution in [0.5, 0.6) is 0 Å². The number of alkyl halides is 1. The molecule has 0 aliphatic rings. The zero-order valence-electron chi connectivity index (χ0n) is 13.3. The predicted molar refractivity (Wildman–Crippen MR) is 94.3 cm³/mol. The minimum absolute atomic E-state index is 0.0169. The van der Waals surface area contributed by atoms with Crippen molar-refractivity contribution in [2.24, 2.45) is 0 Å². The zero-order chi connectivity index (χ0) is 16.8. The van der Waals surface area contributed by atoms with Crippen molar-refractivity contribution >= 4 is 29.0 Å². The van der Waals surface area contributed by atoms with Gasteiger partial charge in [-0.2, -0.15) is 0 Å². The van der Waals surface area contributed by atoms with Crippen LogP contribution in [-0.2, 0) is 11.2 Å². The van der Waals surface area contributed by atoms with Gasteiger partial charge >= 0.3 is 0 Å². The first-order valence-electron chi connectivity index (χ1n) is 7.66. The minimum Gasteiger partial charge on any atom is -0.303 e. The second-order valence-electron chi connectivity index (χ2n) is 5.31. The van der Waals surface area contributed by atoms with Crippen LogP contribution in [0, 0.1) is 0 Å². The molecule has 0 N–H and O–H groups in total. The maximum atomic E-state index is 12.7. The van der Waals surface area contributed by atoms with Crippen LogP contribution in [0.25, 0.3) is 0 Å². The van der Waals surface area contributed by atoms with E-state index in [9.17, 15) is 9.59 Å². The molecule has 23 heavy (non-hydrogen) atoms. The van der Waals surface area contributed by atoms with Gasteiger partial charge in [0.1, 0.15) is 5.38 Å². The van der Waals surface area contributed by atoms with Crippen molar-refractivity contribution < 1.29 is 9.59 Å². The summed E-state index contributed by atoms with van der Waals surface area (Å²) in [5.74, 6) is -0.364. The standard InChI is InChI=1S/C19H20ClNO2/c1-3-15-9-7-8-12-17(15)18(22)13-21(19(23)14(2)20)16-10-5-4-6-11-16/h4-12,14H,3,13H2,1-2H3. The van der Waals surface area contributed by atoms with Crippen LogP contribution in [0.3, 0.4) is 0 Å². The Labute approximate surface area is 141 Å². The van der Waals surface area contributed by atoms with Gasteiger partial charge in [0.05, 0.1) is 6.54 Å². The van der Waals surface area contributed by atoms with Crippen LogP contribution in [0.4, 0.5) is 5.69 Å². The third-order valence-electron chi connectivity index (χ3n) is 3.67. The van der Waals surface area contributed by atoms with Crippen molar-refractivity contribution in [3.8, 4) is 0 Å². The number of halogens is 1. The molecule has 0 saturated carbocycles. The van der Waals surface area contributed by atoms with Crippen molar-refractivity contribution in [2.75, 3.05) is 11.4 Å². The van der Waals surface area contributed by atoms with Crippen molar-refractivity contribution in [3.05, 3.63) is 65.7 Å². The summed E-state index contributed by atoms with van der Waals surface area (Å²) in [5.41, 5.74) is 2.31. The fraction of sp³-hybridized carbons (Fsp3) is 0.263. The van der Waals surface area contributed by atoms with E-state index in [-0.39, 0.29) is 18.2 Å². The fourth-order valence-corrected chi connectivity index (χ4v) is 2.57. The summed E-state index contributed by atoms with van der Waals surface area (Å²) in [6.07, 6.45) is 0.771. The largest absolute Gasteiger partial charge is 0.303 e. The molecular weight excluding hydrogens is 310 g/mol. The number of nitrogens with zero attached hydrogens (tertiary/aromatic N) is 1. The minimum atomic E-state index is -0.690. The highest BCUT2D eigenvalue weighted by Gasteiger charge is 2.23. The summed E-state index contributed by atoms with van der Waals surface area (Å²) in [5, 5.41) is -0.690. The predicted octanol–water partition coefficient (Wildman–Crippen LogP) is 4.09. The first-order valence-corrected chi connectivity index (χ1v) is 8.09. The average Bonchev–Trinajstić information content (AvgIpc) is 2.59. The number of hydrogen-bond donors (Lipinski definition) is 0. The van der Waals surface area contributed by atoms with E-state index in [0.717, 1.165) is 12.0 Å². The first kappa shape index (κ1) is 17.2. The van der Waals surface area contributed by atoms with Gasteiger partial charge in [-0.05, 0) is 31.0 Å². The summed E-state index contributed by atoms with van der Waals surface area (Å²) in [7, 11) is 0. The summed E-state index contributed by atoms with van der Waals surface area (Å²) in [6.45, 7) is 3.61. The topological polar surface area (TPSA) is 37.4 Å². The maximum absolute atomic E-state index is 12.7. The van der Waals surface area contributed by atoms with E-state index in [1.54, 1.807) is 25.1 Å². The third-order valence-corrected chi connectivity index (χ3v) is 3.86. The van der Waals surface area contributed by atoms with Crippen LogP contribution in [0.2, 0.25) is 0 Å². The lowest BCUT2D eigenvalue weighted by molar-refractivity contribution is -0.117. The normalized spacial score (nSPS) is 11.8. The molecule has 120 valence electrons. The molecule has 0 fully saturated rings. The van der Waals surface area contributed by atoms with E-state index in [4.69, 9.17) is 11.6 Å². The Bertz CT molecular complexity index is 683. The molecule has 0 bridgehead atoms. The number of benzene rings is 2. The van der Waals surface area contributed by atoms with E-state index in [1.807, 2.05) is 43.3 Å². The Morgan fingerprint density at radius 3 is 2.26 bits per heavy atom. The average molecular weight is 330 g/mol. The number of carbonyl (C=O) groups is 2. The summed E-state index contributed by atoms with van der Waals surface area (Å²) in [4.78, 5) is 26.6. The van der Waals surface area contributed by atoms with Crippen LogP contribution in [0.1, 0.15) is 29.8 Å². The van der Waals surface area contributed by atoms with Crippen molar-refractivity contribution in [3.63, 3.8) is 0 Å². The molecule has 0 spiro atoms. The summed E-state index contributed by atoms with van der Waals surface area (Å²) >= 11 is 5.96. The smallest absolute Gasteiger partial charge is 0.245 e. The Morgan fingerprint density at radius 2 is 1.65 bits per heavy atom. The number of carbonyl (C=O) groups excluding carboxylic acids is 2. The van der Waals surface area contributed by atoms with Gasteiger partial charge in [0, 0.05) is 11.3 Å². The van der Waals surface area contributed by atoms with E-state index in [2.05, 4.69) is 0 Å². The molecule has 1 amide bonds. The summed E-state index contributed by atoms with van der Waals surface area (Å²) in [6, 6.07) is 16.6. The molecule has 0 aliphatic carbocycles. The molecule has 2 aromatic rings. The molecule has 4 heteroatoms. The second kappa shape index (κ2) is 7.93. The van der Waals surface area contributed by atoms with Gasteiger partial charge < -0.3 is 4.90 Å². The molecule has 2 rings (SSSR count). The van der Waals surface area contributed by atoms with Crippen LogP contribution in [0.15, 0.2) is 54.6 Å². The highest BCUT2D eigenvalue weighted by atomic mass is 35.5. The number of anilines is 1. The quantitative estimate of drug-likeness (QED) is 0.591. The molecule has 0 radical (unpaired) electrons. The van der Waals surface area contributed by atoms with Gasteiger partial charge in [-0.15, -0.1) is 11.6 Å². The van der Waals surface area contributed by atoms with E-state index in [1.165, 1.54) is 4.90 Å². The second-order valence-corrected chi connectivity index (χ2v) is 5.96. The van der Waals surface area contributed by atoms with Crippen molar-refractivity contribution in [1.82, 2.24) is 0 Å². The molecule has 0 heterocycles. The van der Waals surface area contributed by atoms with Crippen molar-refractivity contribution in [2.45, 2.75) is 25.6 Å². The number of Topliss-reactive ketones (excluding diaryl/α,β-unsaturated/α-hetero) is 1. The van der Waals surface area contributed by atoms with Gasteiger partial charge in [-0.3, -0.25) is 9.59 Å². The van der Waals surface area contributed by atoms with Crippen LogP contribution >= 0.6 is 11.6 Å².